The Kier molecular flexibility index (Phi) is 4.75. The Hall–Kier alpha value is -3.43. The summed E-state index contributed by atoms with van der Waals surface area (Å²) >= 11 is 0. The molecule has 10 heteroatoms. The highest BCUT2D eigenvalue weighted by Gasteiger charge is 2.65. The lowest BCUT2D eigenvalue weighted by Crippen LogP contribution is -2.55. The van der Waals surface area contributed by atoms with Crippen LogP contribution >= 0.6 is 0 Å². The Balaban J connectivity index is 2.08. The molecule has 0 saturated carbocycles. The van der Waals surface area contributed by atoms with Crippen LogP contribution in [0.1, 0.15) is 24.0 Å². The second kappa shape index (κ2) is 7.07. The highest BCUT2D eigenvalue weighted by Crippen LogP contribution is 2.56. The maximum absolute atomic E-state index is 16.3. The van der Waals surface area contributed by atoms with Crippen molar-refractivity contribution < 1.29 is 27.2 Å². The minimum Gasteiger partial charge on any atom is -0.409 e. The fraction of sp³-hybridized carbons (Fsp3) is 0.238. The van der Waals surface area contributed by atoms with Crippen LogP contribution in [0.4, 0.5) is 22.0 Å². The summed E-state index contributed by atoms with van der Waals surface area (Å²) in [5, 5.41) is 18.9. The van der Waals surface area contributed by atoms with Gasteiger partial charge in [0.1, 0.15) is 0 Å². The Labute approximate surface area is 173 Å². The average molecular weight is 436 g/mol. The number of hydrogen-bond acceptors (Lipinski definition) is 3. The number of amidine groups is 1. The van der Waals surface area contributed by atoms with Crippen molar-refractivity contribution in [3.63, 3.8) is 0 Å². The van der Waals surface area contributed by atoms with E-state index >= 15 is 8.78 Å². The van der Waals surface area contributed by atoms with Gasteiger partial charge in [0.05, 0.1) is 11.7 Å². The van der Waals surface area contributed by atoms with Gasteiger partial charge in [-0.3, -0.25) is 5.10 Å². The highest BCUT2D eigenvalue weighted by molar-refractivity contribution is 6.10. The number of fused-ring (bicyclic) bond motifs is 1. The predicted octanol–water partition coefficient (Wildman–Crippen LogP) is 4.99. The van der Waals surface area contributed by atoms with Crippen molar-refractivity contribution in [2.75, 3.05) is 0 Å². The van der Waals surface area contributed by atoms with Gasteiger partial charge in [0, 0.05) is 23.8 Å². The van der Waals surface area contributed by atoms with Gasteiger partial charge in [0.15, 0.2) is 11.5 Å². The van der Waals surface area contributed by atoms with E-state index in [1.54, 1.807) is 24.3 Å². The normalized spacial score (nSPS) is 25.3. The molecule has 1 heterocycles. The summed E-state index contributed by atoms with van der Waals surface area (Å²) in [6.45, 7) is 0. The van der Waals surface area contributed by atoms with Crippen molar-refractivity contribution in [3.8, 4) is 0 Å². The fourth-order valence-electron chi connectivity index (χ4n) is 4.03. The predicted molar refractivity (Wildman–Crippen MR) is 106 cm³/mol. The van der Waals surface area contributed by atoms with Crippen LogP contribution in [0.3, 0.4) is 0 Å². The largest absolute Gasteiger partial charge is 0.422 e. The first-order valence-electron chi connectivity index (χ1n) is 9.24. The van der Waals surface area contributed by atoms with Crippen molar-refractivity contribution in [3.05, 3.63) is 65.9 Å². The van der Waals surface area contributed by atoms with Crippen molar-refractivity contribution >= 4 is 27.9 Å². The number of hydrogen-bond donors (Lipinski definition) is 3. The number of nitrogens with one attached hydrogen (secondary N) is 1. The van der Waals surface area contributed by atoms with Crippen molar-refractivity contribution in [2.24, 2.45) is 10.9 Å². The van der Waals surface area contributed by atoms with Crippen molar-refractivity contribution in [1.29, 1.82) is 0 Å². The third-order valence-electron chi connectivity index (χ3n) is 5.55. The molecule has 2 aromatic carbocycles. The summed E-state index contributed by atoms with van der Waals surface area (Å²) in [5.74, 6) is -1.15. The van der Waals surface area contributed by atoms with Gasteiger partial charge in [-0.2, -0.15) is 18.3 Å². The molecule has 1 aromatic heterocycles. The van der Waals surface area contributed by atoms with E-state index in [-0.39, 0.29) is 22.3 Å². The zero-order chi connectivity index (χ0) is 22.4. The van der Waals surface area contributed by atoms with E-state index in [9.17, 15) is 13.2 Å². The summed E-state index contributed by atoms with van der Waals surface area (Å²) in [5.41, 5.74) is -1.14. The van der Waals surface area contributed by atoms with Crippen LogP contribution in [0.2, 0.25) is 0 Å². The summed E-state index contributed by atoms with van der Waals surface area (Å²) in [7, 11) is 0. The molecular weight excluding hydrogens is 419 g/mol. The first-order valence-corrected chi connectivity index (χ1v) is 9.24. The molecule has 0 saturated heterocycles. The van der Waals surface area contributed by atoms with Gasteiger partial charge in [-0.25, -0.2) is 8.78 Å². The molecule has 4 rings (SSSR count). The second-order valence-corrected chi connectivity index (χ2v) is 7.49. The van der Waals surface area contributed by atoms with Crippen LogP contribution in [-0.4, -0.2) is 38.8 Å². The SMILES string of the molecule is NC(=NO)C1(F)CC(F)(C(F)(F)F)CC(c2ccc3[nH]ncc3c2)=C1c1ccccc1. The quantitative estimate of drug-likeness (QED) is 0.178. The van der Waals surface area contributed by atoms with Crippen molar-refractivity contribution in [1.82, 2.24) is 10.2 Å². The zero-order valence-electron chi connectivity index (χ0n) is 15.9. The maximum Gasteiger partial charge on any atom is 0.422 e. The molecule has 0 bridgehead atoms. The first kappa shape index (κ1) is 20.8. The monoisotopic (exact) mass is 436 g/mol. The van der Waals surface area contributed by atoms with Gasteiger partial charge in [-0.1, -0.05) is 41.6 Å². The van der Waals surface area contributed by atoms with Gasteiger partial charge < -0.3 is 10.9 Å². The molecule has 0 amide bonds. The molecular formula is C21H17F5N4O. The Morgan fingerprint density at radius 1 is 1.10 bits per heavy atom. The number of halogens is 5. The number of allylic oxidation sites excluding steroid dienone is 1. The molecule has 2 atom stereocenters. The second-order valence-electron chi connectivity index (χ2n) is 7.49. The molecule has 2 unspecified atom stereocenters. The van der Waals surface area contributed by atoms with Crippen LogP contribution in [0, 0.1) is 0 Å². The van der Waals surface area contributed by atoms with E-state index in [4.69, 9.17) is 10.9 Å². The number of aromatic amines is 1. The third-order valence-corrected chi connectivity index (χ3v) is 5.55. The molecule has 0 aliphatic heterocycles. The molecule has 0 radical (unpaired) electrons. The molecule has 0 spiro atoms. The standard InChI is InChI=1S/C21H17F5N4O/c22-19(21(24,25)26)9-15(13-6-7-16-14(8-13)10-28-29-16)17(12-4-2-1-3-5-12)20(23,11-19)18(27)30-31/h1-8,10,31H,9,11H2,(H2,27,30)(H,28,29). The zero-order valence-corrected chi connectivity index (χ0v) is 15.9. The number of benzene rings is 2. The topological polar surface area (TPSA) is 87.3 Å². The number of aromatic nitrogens is 2. The molecule has 0 fully saturated rings. The van der Waals surface area contributed by atoms with E-state index in [1.807, 2.05) is 0 Å². The Morgan fingerprint density at radius 3 is 2.45 bits per heavy atom. The molecule has 3 aromatic rings. The number of H-pyrrole nitrogens is 1. The van der Waals surface area contributed by atoms with Crippen LogP contribution in [-0.2, 0) is 0 Å². The smallest absolute Gasteiger partial charge is 0.409 e. The van der Waals surface area contributed by atoms with Crippen molar-refractivity contribution in [2.45, 2.75) is 30.4 Å². The lowest BCUT2D eigenvalue weighted by Gasteiger charge is -2.42. The van der Waals surface area contributed by atoms with Crippen LogP contribution in [0.5, 0.6) is 0 Å². The molecule has 1 aliphatic carbocycles. The minimum absolute atomic E-state index is 0.173. The van der Waals surface area contributed by atoms with Gasteiger partial charge in [-0.15, -0.1) is 0 Å². The molecule has 162 valence electrons. The summed E-state index contributed by atoms with van der Waals surface area (Å²) in [6, 6.07) is 12.2. The van der Waals surface area contributed by atoms with E-state index in [1.165, 1.54) is 30.5 Å². The molecule has 5 nitrogen and oxygen atoms in total. The third kappa shape index (κ3) is 3.31. The minimum atomic E-state index is -5.38. The lowest BCUT2D eigenvalue weighted by atomic mass is 9.68. The summed E-state index contributed by atoms with van der Waals surface area (Å²) in [6.07, 6.45) is -6.73. The van der Waals surface area contributed by atoms with Gasteiger partial charge in [-0.05, 0) is 28.8 Å². The Bertz CT molecular complexity index is 1190. The highest BCUT2D eigenvalue weighted by atomic mass is 19.4. The van der Waals surface area contributed by atoms with E-state index < -0.39 is 36.2 Å². The molecule has 31 heavy (non-hydrogen) atoms. The number of nitrogens with zero attached hydrogens (tertiary/aromatic N) is 2. The summed E-state index contributed by atoms with van der Waals surface area (Å²) in [4.78, 5) is 0. The van der Waals surface area contributed by atoms with Crippen LogP contribution < -0.4 is 5.73 Å². The van der Waals surface area contributed by atoms with E-state index in [2.05, 4.69) is 15.4 Å². The van der Waals surface area contributed by atoms with E-state index in [0.29, 0.717) is 10.9 Å². The van der Waals surface area contributed by atoms with Gasteiger partial charge in [0.25, 0.3) is 0 Å². The van der Waals surface area contributed by atoms with E-state index in [0.717, 1.165) is 0 Å². The van der Waals surface area contributed by atoms with Crippen LogP contribution in [0.15, 0.2) is 59.9 Å². The Morgan fingerprint density at radius 2 is 1.81 bits per heavy atom. The van der Waals surface area contributed by atoms with Crippen LogP contribution in [0.25, 0.3) is 22.0 Å². The number of alkyl halides is 5. The number of oxime groups is 1. The molecule has 1 aliphatic rings. The van der Waals surface area contributed by atoms with Gasteiger partial charge in [0.2, 0.25) is 5.67 Å². The van der Waals surface area contributed by atoms with Gasteiger partial charge >= 0.3 is 6.18 Å². The lowest BCUT2D eigenvalue weighted by molar-refractivity contribution is -0.236. The fourth-order valence-corrected chi connectivity index (χ4v) is 4.03. The maximum atomic E-state index is 16.3. The summed E-state index contributed by atoms with van der Waals surface area (Å²) < 4.78 is 72.8. The number of nitrogens with two attached hydrogens (primary N) is 1. The average Bonchev–Trinajstić information content (AvgIpc) is 3.20. The molecule has 4 N–H and O–H groups in total. The number of rotatable bonds is 3. The first-order chi connectivity index (χ1) is 14.6.